The molecule has 0 amide bonds. The van der Waals surface area contributed by atoms with Gasteiger partial charge < -0.3 is 9.67 Å². The van der Waals surface area contributed by atoms with Crippen LogP contribution in [-0.4, -0.2) is 20.6 Å². The molecule has 74 valence electrons. The summed E-state index contributed by atoms with van der Waals surface area (Å²) in [5, 5.41) is 8.96. The Morgan fingerprint density at radius 2 is 2.20 bits per heavy atom. The van der Waals surface area contributed by atoms with Gasteiger partial charge in [-0.3, -0.25) is 0 Å². The summed E-state index contributed by atoms with van der Waals surface area (Å²) >= 11 is 0. The Morgan fingerprint density at radius 3 is 3.00 bits per heavy atom. The molecule has 0 spiro atoms. The average molecular weight is 200 g/mol. The van der Waals surface area contributed by atoms with Crippen molar-refractivity contribution < 1.29 is 9.90 Å². The summed E-state index contributed by atoms with van der Waals surface area (Å²) in [6.07, 6.45) is 1.41. The topological polar surface area (TPSA) is 55.1 Å². The van der Waals surface area contributed by atoms with E-state index in [0.717, 1.165) is 17.0 Å². The first kappa shape index (κ1) is 8.23. The highest BCUT2D eigenvalue weighted by Crippen LogP contribution is 2.31. The van der Waals surface area contributed by atoms with Crippen LogP contribution in [0.5, 0.6) is 0 Å². The molecule has 0 saturated heterocycles. The molecular formula is C11H8N2O2. The van der Waals surface area contributed by atoms with Gasteiger partial charge >= 0.3 is 5.97 Å². The number of aromatic nitrogens is 2. The lowest BCUT2D eigenvalue weighted by atomic mass is 10.1. The molecule has 4 heteroatoms. The van der Waals surface area contributed by atoms with Crippen molar-refractivity contribution in [1.29, 1.82) is 0 Å². The second-order valence-electron chi connectivity index (χ2n) is 3.52. The van der Waals surface area contributed by atoms with E-state index in [-0.39, 0.29) is 5.69 Å². The van der Waals surface area contributed by atoms with Crippen LogP contribution < -0.4 is 0 Å². The fourth-order valence-electron chi connectivity index (χ4n) is 1.97. The van der Waals surface area contributed by atoms with Gasteiger partial charge in [0.15, 0.2) is 0 Å². The Labute approximate surface area is 85.8 Å². The number of carbonyl (C=O) groups is 1. The third kappa shape index (κ3) is 1.01. The average Bonchev–Trinajstić information content (AvgIpc) is 2.74. The summed E-state index contributed by atoms with van der Waals surface area (Å²) < 4.78 is 1.73. The maximum atomic E-state index is 10.9. The van der Waals surface area contributed by atoms with Crippen LogP contribution in [0.15, 0.2) is 30.5 Å². The molecule has 0 saturated carbocycles. The summed E-state index contributed by atoms with van der Waals surface area (Å²) in [7, 11) is 0. The molecule has 1 aromatic heterocycles. The number of benzene rings is 1. The highest BCUT2D eigenvalue weighted by atomic mass is 16.4. The minimum Gasteiger partial charge on any atom is -0.477 e. The van der Waals surface area contributed by atoms with Crippen molar-refractivity contribution in [2.75, 3.05) is 0 Å². The molecule has 0 radical (unpaired) electrons. The normalized spacial score (nSPS) is 12.3. The molecule has 3 rings (SSSR count). The molecule has 1 aliphatic rings. The van der Waals surface area contributed by atoms with Gasteiger partial charge in [0.2, 0.25) is 0 Å². The molecule has 1 N–H and O–H groups in total. The Balaban J connectivity index is 2.23. The third-order valence-electron chi connectivity index (χ3n) is 2.66. The summed E-state index contributed by atoms with van der Waals surface area (Å²) in [5.74, 6) is -0.176. The number of hydrogen-bond donors (Lipinski definition) is 1. The largest absolute Gasteiger partial charge is 0.477 e. The third-order valence-corrected chi connectivity index (χ3v) is 2.66. The first-order valence-electron chi connectivity index (χ1n) is 4.64. The van der Waals surface area contributed by atoms with Crippen molar-refractivity contribution in [1.82, 2.24) is 9.55 Å². The van der Waals surface area contributed by atoms with E-state index in [2.05, 4.69) is 4.98 Å². The summed E-state index contributed by atoms with van der Waals surface area (Å²) in [6, 6.07) is 7.85. The van der Waals surface area contributed by atoms with Gasteiger partial charge in [0.25, 0.3) is 0 Å². The number of nitrogens with zero attached hydrogens (tertiary/aromatic N) is 2. The Bertz CT molecular complexity index is 557. The number of rotatable bonds is 1. The maximum Gasteiger partial charge on any atom is 0.354 e. The molecule has 0 bridgehead atoms. The monoisotopic (exact) mass is 200 g/mol. The lowest BCUT2D eigenvalue weighted by Crippen LogP contribution is -2.06. The van der Waals surface area contributed by atoms with Crippen LogP contribution in [0.4, 0.5) is 0 Å². The SMILES string of the molecule is O=C(O)c1cnc2n1Cc1ccccc1-2. The van der Waals surface area contributed by atoms with E-state index in [1.54, 1.807) is 4.57 Å². The van der Waals surface area contributed by atoms with Gasteiger partial charge in [-0.05, 0) is 5.56 Å². The number of fused-ring (bicyclic) bond motifs is 3. The standard InChI is InChI=1S/C11H8N2O2/c14-11(15)9-5-12-10-8-4-2-1-3-7(8)6-13(9)10/h1-5H,6H2,(H,14,15). The fraction of sp³-hybridized carbons (Fsp3) is 0.0909. The van der Waals surface area contributed by atoms with E-state index in [0.29, 0.717) is 6.54 Å². The van der Waals surface area contributed by atoms with E-state index in [1.807, 2.05) is 24.3 Å². The molecule has 4 nitrogen and oxygen atoms in total. The van der Waals surface area contributed by atoms with E-state index < -0.39 is 5.97 Å². The van der Waals surface area contributed by atoms with Crippen LogP contribution in [0.25, 0.3) is 11.4 Å². The van der Waals surface area contributed by atoms with Gasteiger partial charge in [0.1, 0.15) is 11.5 Å². The van der Waals surface area contributed by atoms with Crippen LogP contribution in [0, 0.1) is 0 Å². The highest BCUT2D eigenvalue weighted by molar-refractivity contribution is 5.87. The van der Waals surface area contributed by atoms with E-state index in [4.69, 9.17) is 5.11 Å². The minimum atomic E-state index is -0.929. The van der Waals surface area contributed by atoms with Crippen LogP contribution in [-0.2, 0) is 6.54 Å². The molecule has 1 aliphatic heterocycles. The zero-order valence-corrected chi connectivity index (χ0v) is 7.84. The lowest BCUT2D eigenvalue weighted by molar-refractivity contribution is 0.0686. The van der Waals surface area contributed by atoms with Gasteiger partial charge in [-0.1, -0.05) is 24.3 Å². The molecule has 1 aromatic carbocycles. The Hall–Kier alpha value is -2.10. The van der Waals surface area contributed by atoms with Crippen molar-refractivity contribution in [3.8, 4) is 11.4 Å². The number of hydrogen-bond acceptors (Lipinski definition) is 2. The minimum absolute atomic E-state index is 0.251. The fourth-order valence-corrected chi connectivity index (χ4v) is 1.97. The summed E-state index contributed by atoms with van der Waals surface area (Å²) in [5.41, 5.74) is 2.41. The van der Waals surface area contributed by atoms with Crippen molar-refractivity contribution in [2.24, 2.45) is 0 Å². The second-order valence-corrected chi connectivity index (χ2v) is 3.52. The van der Waals surface area contributed by atoms with Crippen molar-refractivity contribution in [3.05, 3.63) is 41.7 Å². The molecule has 0 atom stereocenters. The second kappa shape index (κ2) is 2.70. The van der Waals surface area contributed by atoms with Crippen molar-refractivity contribution in [3.63, 3.8) is 0 Å². The maximum absolute atomic E-state index is 10.9. The van der Waals surface area contributed by atoms with Crippen molar-refractivity contribution >= 4 is 5.97 Å². The predicted octanol–water partition coefficient (Wildman–Crippen LogP) is 1.61. The van der Waals surface area contributed by atoms with Gasteiger partial charge in [0, 0.05) is 5.56 Å². The first-order chi connectivity index (χ1) is 7.27. The Kier molecular flexibility index (Phi) is 1.48. The smallest absolute Gasteiger partial charge is 0.354 e. The number of imidazole rings is 1. The summed E-state index contributed by atoms with van der Waals surface area (Å²) in [6.45, 7) is 0.604. The lowest BCUT2D eigenvalue weighted by Gasteiger charge is -1.98. The number of aromatic carboxylic acids is 1. The molecule has 0 unspecified atom stereocenters. The van der Waals surface area contributed by atoms with Crippen LogP contribution in [0.3, 0.4) is 0 Å². The number of carboxylic acid groups (broad SMARTS) is 1. The van der Waals surface area contributed by atoms with E-state index in [1.165, 1.54) is 6.20 Å². The molecular weight excluding hydrogens is 192 g/mol. The molecule has 2 aromatic rings. The van der Waals surface area contributed by atoms with E-state index in [9.17, 15) is 4.79 Å². The zero-order chi connectivity index (χ0) is 10.4. The molecule has 0 aliphatic carbocycles. The Morgan fingerprint density at radius 1 is 1.40 bits per heavy atom. The van der Waals surface area contributed by atoms with Crippen LogP contribution in [0.1, 0.15) is 16.1 Å². The van der Waals surface area contributed by atoms with E-state index >= 15 is 0 Å². The molecule has 2 heterocycles. The van der Waals surface area contributed by atoms with Gasteiger partial charge in [-0.15, -0.1) is 0 Å². The van der Waals surface area contributed by atoms with Crippen LogP contribution >= 0.6 is 0 Å². The zero-order valence-electron chi connectivity index (χ0n) is 7.84. The van der Waals surface area contributed by atoms with Crippen LogP contribution in [0.2, 0.25) is 0 Å². The van der Waals surface area contributed by atoms with Gasteiger partial charge in [0.05, 0.1) is 12.7 Å². The quantitative estimate of drug-likeness (QED) is 0.649. The number of carboxylic acids is 1. The van der Waals surface area contributed by atoms with Gasteiger partial charge in [-0.25, -0.2) is 9.78 Å². The molecule has 0 fully saturated rings. The first-order valence-corrected chi connectivity index (χ1v) is 4.64. The predicted molar refractivity (Wildman–Crippen MR) is 53.7 cm³/mol. The van der Waals surface area contributed by atoms with Crippen molar-refractivity contribution in [2.45, 2.75) is 6.54 Å². The highest BCUT2D eigenvalue weighted by Gasteiger charge is 2.24. The molecule has 15 heavy (non-hydrogen) atoms. The van der Waals surface area contributed by atoms with Gasteiger partial charge in [-0.2, -0.15) is 0 Å². The summed E-state index contributed by atoms with van der Waals surface area (Å²) in [4.78, 5) is 15.1.